The van der Waals surface area contributed by atoms with Crippen molar-refractivity contribution in [1.82, 2.24) is 0 Å². The Hall–Kier alpha value is -0.190. The molecule has 2 N–H and O–H groups in total. The first-order chi connectivity index (χ1) is 7.50. The van der Waals surface area contributed by atoms with Gasteiger partial charge >= 0.3 is 0 Å². The molecule has 0 aromatic carbocycles. The summed E-state index contributed by atoms with van der Waals surface area (Å²) in [5, 5.41) is 0. The second-order valence-corrected chi connectivity index (χ2v) is 5.02. The molecule has 0 aliphatic heterocycles. The molecule has 0 aromatic rings. The summed E-state index contributed by atoms with van der Waals surface area (Å²) in [4.78, 5) is 0.551. The van der Waals surface area contributed by atoms with Gasteiger partial charge in [0.15, 0.2) is 0 Å². The number of hydrogen-bond donors (Lipinski definition) is 1. The lowest BCUT2D eigenvalue weighted by atomic mass is 9.90. The molecule has 0 aliphatic carbocycles. The largest absolute Gasteiger partial charge is 0.393 e. The zero-order valence-corrected chi connectivity index (χ0v) is 11.6. The van der Waals surface area contributed by atoms with Gasteiger partial charge in [-0.25, -0.2) is 0 Å². The molecule has 0 rings (SSSR count). The topological polar surface area (TPSA) is 44.5 Å². The van der Waals surface area contributed by atoms with Gasteiger partial charge in [-0.1, -0.05) is 39.4 Å². The van der Waals surface area contributed by atoms with Gasteiger partial charge < -0.3 is 15.2 Å². The highest BCUT2D eigenvalue weighted by Gasteiger charge is 2.20. The molecule has 0 aromatic heterocycles. The van der Waals surface area contributed by atoms with Crippen LogP contribution in [-0.4, -0.2) is 31.4 Å². The third-order valence-corrected chi connectivity index (χ3v) is 3.11. The first kappa shape index (κ1) is 15.8. The van der Waals surface area contributed by atoms with Gasteiger partial charge in [0.1, 0.15) is 0 Å². The van der Waals surface area contributed by atoms with E-state index in [4.69, 9.17) is 27.4 Å². The number of hydrogen-bond acceptors (Lipinski definition) is 3. The van der Waals surface area contributed by atoms with Crippen LogP contribution in [0.3, 0.4) is 0 Å². The smallest absolute Gasteiger partial charge is 0.0785 e. The van der Waals surface area contributed by atoms with Crippen LogP contribution in [0.4, 0.5) is 0 Å². The van der Waals surface area contributed by atoms with E-state index in [1.54, 1.807) is 0 Å². The molecule has 0 radical (unpaired) electrons. The van der Waals surface area contributed by atoms with Crippen molar-refractivity contribution in [2.24, 2.45) is 11.1 Å². The van der Waals surface area contributed by atoms with Crippen molar-refractivity contribution in [3.8, 4) is 0 Å². The lowest BCUT2D eigenvalue weighted by molar-refractivity contribution is 0.0408. The Labute approximate surface area is 105 Å². The summed E-state index contributed by atoms with van der Waals surface area (Å²) in [5.41, 5.74) is 5.50. The Morgan fingerprint density at radius 2 is 1.69 bits per heavy atom. The Morgan fingerprint density at radius 1 is 1.12 bits per heavy atom. The maximum absolute atomic E-state index is 5.62. The summed E-state index contributed by atoms with van der Waals surface area (Å²) in [6.45, 7) is 9.06. The molecular formula is C12H25NO2S. The van der Waals surface area contributed by atoms with Crippen LogP contribution in [0.5, 0.6) is 0 Å². The minimum absolute atomic E-state index is 0.113. The first-order valence-corrected chi connectivity index (χ1v) is 6.37. The zero-order valence-electron chi connectivity index (χ0n) is 10.8. The number of thiocarbonyl (C=S) groups is 1. The van der Waals surface area contributed by atoms with E-state index in [9.17, 15) is 0 Å². The molecule has 0 bridgehead atoms. The fourth-order valence-electron chi connectivity index (χ4n) is 1.02. The van der Waals surface area contributed by atoms with Crippen LogP contribution in [0.2, 0.25) is 0 Å². The molecule has 0 unspecified atom stereocenters. The average molecular weight is 247 g/mol. The first-order valence-electron chi connectivity index (χ1n) is 5.96. The van der Waals surface area contributed by atoms with E-state index in [0.717, 1.165) is 19.4 Å². The van der Waals surface area contributed by atoms with E-state index in [1.165, 1.54) is 6.42 Å². The molecule has 0 spiro atoms. The quantitative estimate of drug-likeness (QED) is 0.476. The van der Waals surface area contributed by atoms with Crippen LogP contribution in [0.25, 0.3) is 0 Å². The minimum atomic E-state index is -0.113. The van der Waals surface area contributed by atoms with E-state index in [0.29, 0.717) is 24.8 Å². The van der Waals surface area contributed by atoms with Crippen molar-refractivity contribution in [3.05, 3.63) is 0 Å². The van der Waals surface area contributed by atoms with Crippen LogP contribution in [0, 0.1) is 5.41 Å². The summed E-state index contributed by atoms with van der Waals surface area (Å²) in [6, 6.07) is 0. The zero-order chi connectivity index (χ0) is 12.4. The number of rotatable bonds is 10. The van der Waals surface area contributed by atoms with Crippen LogP contribution in [0.1, 0.15) is 40.0 Å². The predicted molar refractivity (Wildman–Crippen MR) is 71.7 cm³/mol. The lowest BCUT2D eigenvalue weighted by Gasteiger charge is -2.22. The van der Waals surface area contributed by atoms with Gasteiger partial charge in [0.2, 0.25) is 0 Å². The third-order valence-electron chi connectivity index (χ3n) is 2.55. The van der Waals surface area contributed by atoms with Crippen molar-refractivity contribution >= 4 is 17.2 Å². The number of unbranched alkanes of at least 4 members (excludes halogenated alkanes) is 1. The molecule has 0 saturated heterocycles. The van der Waals surface area contributed by atoms with E-state index in [1.807, 2.05) is 13.8 Å². The van der Waals surface area contributed by atoms with Crippen LogP contribution >= 0.6 is 12.2 Å². The lowest BCUT2D eigenvalue weighted by Crippen LogP contribution is -2.31. The Morgan fingerprint density at radius 3 is 2.19 bits per heavy atom. The van der Waals surface area contributed by atoms with Gasteiger partial charge in [-0.2, -0.15) is 0 Å². The van der Waals surface area contributed by atoms with E-state index in [2.05, 4.69) is 6.92 Å². The Kier molecular flexibility index (Phi) is 8.80. The molecule has 0 aliphatic rings. The second-order valence-electron chi connectivity index (χ2n) is 4.58. The molecule has 3 nitrogen and oxygen atoms in total. The predicted octanol–water partition coefficient (Wildman–Crippen LogP) is 2.52. The fraction of sp³-hybridized carbons (Fsp3) is 0.917. The molecular weight excluding hydrogens is 222 g/mol. The Bertz CT molecular complexity index is 195. The van der Waals surface area contributed by atoms with Gasteiger partial charge in [-0.15, -0.1) is 0 Å². The molecule has 96 valence electrons. The van der Waals surface area contributed by atoms with E-state index < -0.39 is 0 Å². The van der Waals surface area contributed by atoms with E-state index >= 15 is 0 Å². The number of nitrogens with two attached hydrogens (primary N) is 1. The second kappa shape index (κ2) is 8.90. The van der Waals surface area contributed by atoms with Gasteiger partial charge in [0.05, 0.1) is 18.2 Å². The van der Waals surface area contributed by atoms with Crippen molar-refractivity contribution in [3.63, 3.8) is 0 Å². The van der Waals surface area contributed by atoms with Gasteiger partial charge in [-0.05, 0) is 12.8 Å². The van der Waals surface area contributed by atoms with E-state index in [-0.39, 0.29) is 5.41 Å². The summed E-state index contributed by atoms with van der Waals surface area (Å²) >= 11 is 4.98. The molecule has 0 heterocycles. The van der Waals surface area contributed by atoms with Crippen molar-refractivity contribution in [2.75, 3.05) is 26.4 Å². The van der Waals surface area contributed by atoms with Crippen LogP contribution in [-0.2, 0) is 9.47 Å². The standard InChI is InChI=1S/C12H25NO2S/c1-4-5-7-14-9-10-15-8-6-12(2,3)11(13)16/h4-10H2,1-3H3,(H2,13,16). The number of ether oxygens (including phenoxy) is 2. The van der Waals surface area contributed by atoms with Gasteiger partial charge in [-0.3, -0.25) is 0 Å². The monoisotopic (exact) mass is 247 g/mol. The third kappa shape index (κ3) is 8.02. The van der Waals surface area contributed by atoms with Crippen LogP contribution < -0.4 is 5.73 Å². The highest BCUT2D eigenvalue weighted by atomic mass is 32.1. The molecule has 16 heavy (non-hydrogen) atoms. The van der Waals surface area contributed by atoms with Crippen molar-refractivity contribution < 1.29 is 9.47 Å². The highest BCUT2D eigenvalue weighted by Crippen LogP contribution is 2.20. The van der Waals surface area contributed by atoms with Crippen LogP contribution in [0.15, 0.2) is 0 Å². The van der Waals surface area contributed by atoms with Crippen molar-refractivity contribution in [2.45, 2.75) is 40.0 Å². The van der Waals surface area contributed by atoms with Gasteiger partial charge in [0.25, 0.3) is 0 Å². The summed E-state index contributed by atoms with van der Waals surface area (Å²) in [5.74, 6) is 0. The molecule has 0 atom stereocenters. The van der Waals surface area contributed by atoms with Gasteiger partial charge in [0, 0.05) is 18.6 Å². The average Bonchev–Trinajstić information content (AvgIpc) is 2.21. The molecule has 0 saturated carbocycles. The van der Waals surface area contributed by atoms with Crippen molar-refractivity contribution in [1.29, 1.82) is 0 Å². The SMILES string of the molecule is CCCCOCCOCCC(C)(C)C(N)=S. The maximum atomic E-state index is 5.62. The molecule has 0 fully saturated rings. The normalized spacial score (nSPS) is 11.7. The fourth-order valence-corrected chi connectivity index (χ4v) is 1.12. The summed E-state index contributed by atoms with van der Waals surface area (Å²) in [7, 11) is 0. The summed E-state index contributed by atoms with van der Waals surface area (Å²) < 4.78 is 10.8. The molecule has 0 amide bonds. The maximum Gasteiger partial charge on any atom is 0.0785 e. The summed E-state index contributed by atoms with van der Waals surface area (Å²) in [6.07, 6.45) is 3.15. The highest BCUT2D eigenvalue weighted by molar-refractivity contribution is 7.80. The molecule has 4 heteroatoms. The Balaban J connectivity index is 3.30. The minimum Gasteiger partial charge on any atom is -0.393 e.